The number of ether oxygens (including phenoxy) is 1. The van der Waals surface area contributed by atoms with Gasteiger partial charge in [-0.15, -0.1) is 0 Å². The van der Waals surface area contributed by atoms with Crippen molar-refractivity contribution in [3.05, 3.63) is 40.7 Å². The zero-order valence-corrected chi connectivity index (χ0v) is 15.6. The highest BCUT2D eigenvalue weighted by molar-refractivity contribution is 6.31. The van der Waals surface area contributed by atoms with Gasteiger partial charge in [-0.25, -0.2) is 10.6 Å². The number of benzene rings is 1. The fraction of sp³-hybridized carbons (Fsp3) is 0.471. The molecule has 1 amide bonds. The van der Waals surface area contributed by atoms with Crippen LogP contribution in [0.3, 0.4) is 0 Å². The van der Waals surface area contributed by atoms with E-state index in [-0.39, 0.29) is 6.04 Å². The number of nitrogens with one attached hydrogen (secondary N) is 2. The maximum absolute atomic E-state index is 12.0. The highest BCUT2D eigenvalue weighted by atomic mass is 35.5. The van der Waals surface area contributed by atoms with Gasteiger partial charge in [0.05, 0.1) is 11.7 Å². The molecule has 0 radical (unpaired) electrons. The Morgan fingerprint density at radius 2 is 2.20 bits per heavy atom. The average Bonchev–Trinajstić information content (AvgIpc) is 2.55. The number of hydrogen-bond donors (Lipinski definition) is 4. The summed E-state index contributed by atoms with van der Waals surface area (Å²) in [5, 5.41) is 8.02. The molecule has 138 valence electrons. The molecular weight excluding hydrogens is 342 g/mol. The van der Waals surface area contributed by atoms with E-state index in [2.05, 4.69) is 10.6 Å². The van der Waals surface area contributed by atoms with Crippen molar-refractivity contribution in [3.63, 3.8) is 0 Å². The maximum Gasteiger partial charge on any atom is 0.412 e. The van der Waals surface area contributed by atoms with Gasteiger partial charge in [-0.3, -0.25) is 5.32 Å². The van der Waals surface area contributed by atoms with Gasteiger partial charge in [-0.05, 0) is 18.7 Å². The van der Waals surface area contributed by atoms with Crippen molar-refractivity contribution in [3.8, 4) is 0 Å². The molecule has 2 heterocycles. The Kier molecular flexibility index (Phi) is 6.16. The molecular formula is C17H26ClN5O2. The third-order valence-electron chi connectivity index (χ3n) is 4.21. The van der Waals surface area contributed by atoms with Gasteiger partial charge >= 0.3 is 6.09 Å². The van der Waals surface area contributed by atoms with E-state index >= 15 is 0 Å². The molecule has 2 aliphatic rings. The summed E-state index contributed by atoms with van der Waals surface area (Å²) in [4.78, 5) is 12.0. The molecule has 1 saturated heterocycles. The Bertz CT molecular complexity index is 664. The highest BCUT2D eigenvalue weighted by Crippen LogP contribution is 2.44. The van der Waals surface area contributed by atoms with Gasteiger partial charge < -0.3 is 20.8 Å². The Labute approximate surface area is 153 Å². The first kappa shape index (κ1) is 19.4. The Hall–Kier alpha value is -1.96. The maximum atomic E-state index is 12.0. The molecule has 25 heavy (non-hydrogen) atoms. The van der Waals surface area contributed by atoms with E-state index in [1.54, 1.807) is 25.4 Å². The summed E-state index contributed by atoms with van der Waals surface area (Å²) in [5.41, 5.74) is 7.60. The summed E-state index contributed by atoms with van der Waals surface area (Å²) in [6, 6.07) is 5.30. The number of nitrogens with zero attached hydrogens (tertiary/aromatic N) is 1. The highest BCUT2D eigenvalue weighted by Gasteiger charge is 2.46. The minimum atomic E-state index is -0.718. The van der Waals surface area contributed by atoms with Gasteiger partial charge in [0.15, 0.2) is 0 Å². The van der Waals surface area contributed by atoms with Crippen molar-refractivity contribution < 1.29 is 9.53 Å². The summed E-state index contributed by atoms with van der Waals surface area (Å²) in [7, 11) is 1.70. The number of anilines is 1. The van der Waals surface area contributed by atoms with Gasteiger partial charge in [-0.2, -0.15) is 0 Å². The second-order valence-electron chi connectivity index (χ2n) is 5.95. The second-order valence-corrected chi connectivity index (χ2v) is 6.39. The quantitative estimate of drug-likeness (QED) is 0.472. The van der Waals surface area contributed by atoms with Crippen molar-refractivity contribution in [1.29, 1.82) is 0 Å². The molecule has 8 heteroatoms. The molecule has 1 aromatic carbocycles. The fourth-order valence-corrected chi connectivity index (χ4v) is 3.41. The molecule has 1 spiro atoms. The van der Waals surface area contributed by atoms with Crippen LogP contribution in [0.5, 0.6) is 0 Å². The van der Waals surface area contributed by atoms with Gasteiger partial charge in [0, 0.05) is 42.4 Å². The summed E-state index contributed by atoms with van der Waals surface area (Å²) < 4.78 is 5.71. The number of hydrogen-bond acceptors (Lipinski definition) is 6. The number of rotatable bonds is 2. The smallest absolute Gasteiger partial charge is 0.412 e. The first-order valence-corrected chi connectivity index (χ1v) is 8.75. The number of halogens is 1. The molecule has 0 aliphatic carbocycles. The van der Waals surface area contributed by atoms with Gasteiger partial charge in [0.1, 0.15) is 5.60 Å². The lowest BCUT2D eigenvalue weighted by Gasteiger charge is -2.44. The normalized spacial score (nSPS) is 25.2. The van der Waals surface area contributed by atoms with Crippen LogP contribution in [0, 0.1) is 0 Å². The van der Waals surface area contributed by atoms with E-state index in [9.17, 15) is 4.79 Å². The van der Waals surface area contributed by atoms with E-state index in [1.807, 2.05) is 19.9 Å². The molecule has 1 unspecified atom stereocenters. The van der Waals surface area contributed by atoms with Crippen molar-refractivity contribution in [2.45, 2.75) is 38.3 Å². The van der Waals surface area contributed by atoms with E-state index in [0.717, 1.165) is 5.56 Å². The van der Waals surface area contributed by atoms with Crippen LogP contribution >= 0.6 is 11.6 Å². The summed E-state index contributed by atoms with van der Waals surface area (Å²) in [5.74, 6) is 5.62. The fourth-order valence-electron chi connectivity index (χ4n) is 3.24. The van der Waals surface area contributed by atoms with Crippen LogP contribution in [0.25, 0.3) is 0 Å². The van der Waals surface area contributed by atoms with Crippen LogP contribution in [0.1, 0.15) is 32.3 Å². The molecule has 2 aliphatic heterocycles. The van der Waals surface area contributed by atoms with E-state index in [1.165, 1.54) is 5.01 Å². The van der Waals surface area contributed by atoms with Gasteiger partial charge in [0.2, 0.25) is 0 Å². The number of piperidine rings is 1. The molecule has 0 bridgehead atoms. The molecule has 7 nitrogen and oxygen atoms in total. The Balaban J connectivity index is 0.00000109. The van der Waals surface area contributed by atoms with Crippen LogP contribution in [0.4, 0.5) is 10.5 Å². The molecule has 0 saturated carbocycles. The Morgan fingerprint density at radius 3 is 2.88 bits per heavy atom. The zero-order valence-electron chi connectivity index (χ0n) is 14.8. The van der Waals surface area contributed by atoms with E-state index < -0.39 is 11.7 Å². The van der Waals surface area contributed by atoms with Crippen molar-refractivity contribution >= 4 is 23.4 Å². The molecule has 3 rings (SSSR count). The molecule has 6 N–H and O–H groups in total. The number of amides is 1. The summed E-state index contributed by atoms with van der Waals surface area (Å²) in [6.07, 6.45) is 2.38. The topological polar surface area (TPSA) is 106 Å². The van der Waals surface area contributed by atoms with Gasteiger partial charge in [-0.1, -0.05) is 31.5 Å². The first-order valence-electron chi connectivity index (χ1n) is 8.38. The standard InChI is InChI=1S/C15H20ClN5O2.C2H6/c1-21(18)8-11(17)13-7-15(4-5-19-13)10-3-2-9(16)6-12(10)20-14(22)23-15;1-2/h2-3,6,8,13,19H,4-5,7,17-18H2,1H3,(H,20,22);1-2H3/b11-8-;/t13-,15?;/m0./s1. The van der Waals surface area contributed by atoms with Crippen LogP contribution in [-0.2, 0) is 10.3 Å². The predicted octanol–water partition coefficient (Wildman–Crippen LogP) is 2.48. The zero-order chi connectivity index (χ0) is 18.6. The molecule has 1 fully saturated rings. The monoisotopic (exact) mass is 367 g/mol. The lowest BCUT2D eigenvalue weighted by Crippen LogP contribution is -2.52. The predicted molar refractivity (Wildman–Crippen MR) is 99.8 cm³/mol. The second kappa shape index (κ2) is 7.95. The summed E-state index contributed by atoms with van der Waals surface area (Å²) in [6.45, 7) is 4.67. The van der Waals surface area contributed by atoms with Crippen LogP contribution < -0.4 is 22.2 Å². The number of carbonyl (C=O) groups is 1. The average molecular weight is 368 g/mol. The molecule has 0 aromatic heterocycles. The van der Waals surface area contributed by atoms with E-state index in [0.29, 0.717) is 35.8 Å². The summed E-state index contributed by atoms with van der Waals surface area (Å²) >= 11 is 6.04. The lowest BCUT2D eigenvalue weighted by molar-refractivity contribution is -0.0210. The largest absolute Gasteiger partial charge is 0.438 e. The first-order chi connectivity index (χ1) is 11.9. The number of fused-ring (bicyclic) bond motifs is 2. The third-order valence-corrected chi connectivity index (χ3v) is 4.44. The lowest BCUT2D eigenvalue weighted by atomic mass is 9.79. The minimum Gasteiger partial charge on any atom is -0.438 e. The molecule has 1 aromatic rings. The van der Waals surface area contributed by atoms with Crippen molar-refractivity contribution in [2.75, 3.05) is 18.9 Å². The number of nitrogens with two attached hydrogens (primary N) is 2. The van der Waals surface area contributed by atoms with Crippen LogP contribution in [-0.4, -0.2) is 30.7 Å². The minimum absolute atomic E-state index is 0.135. The van der Waals surface area contributed by atoms with Crippen LogP contribution in [0.2, 0.25) is 5.02 Å². The molecule has 2 atom stereocenters. The van der Waals surface area contributed by atoms with Crippen molar-refractivity contribution in [1.82, 2.24) is 10.3 Å². The SMILES string of the molecule is CC.CN(N)/C=C(\N)[C@@H]1CC2(CCN1)OC(=O)Nc1cc(Cl)ccc12. The Morgan fingerprint density at radius 1 is 1.48 bits per heavy atom. The third kappa shape index (κ3) is 4.18. The van der Waals surface area contributed by atoms with E-state index in [4.69, 9.17) is 27.9 Å². The number of carbonyl (C=O) groups excluding carboxylic acids is 1. The van der Waals surface area contributed by atoms with Gasteiger partial charge in [0.25, 0.3) is 0 Å². The van der Waals surface area contributed by atoms with Crippen molar-refractivity contribution in [2.24, 2.45) is 11.6 Å². The van der Waals surface area contributed by atoms with Crippen LogP contribution in [0.15, 0.2) is 30.1 Å². The number of hydrazine groups is 1.